The highest BCUT2D eigenvalue weighted by atomic mass is 16.5. The second kappa shape index (κ2) is 8.01. The Morgan fingerprint density at radius 2 is 2.20 bits per heavy atom. The van der Waals surface area contributed by atoms with Crippen LogP contribution in [0, 0.1) is 0 Å². The van der Waals surface area contributed by atoms with E-state index in [1.54, 1.807) is 12.3 Å². The minimum Gasteiger partial charge on any atom is -0.478 e. The Balaban J connectivity index is 1.94. The van der Waals surface area contributed by atoms with Crippen LogP contribution in [0.3, 0.4) is 0 Å². The zero-order chi connectivity index (χ0) is 14.2. The van der Waals surface area contributed by atoms with Crippen molar-refractivity contribution in [1.82, 2.24) is 14.9 Å². The van der Waals surface area contributed by atoms with Gasteiger partial charge in [-0.3, -0.25) is 0 Å². The summed E-state index contributed by atoms with van der Waals surface area (Å²) < 4.78 is 5.44. The number of hydrogen-bond acceptors (Lipinski definition) is 6. The second-order valence-electron chi connectivity index (χ2n) is 4.95. The molecule has 0 atom stereocenters. The average Bonchev–Trinajstić information content (AvgIpc) is 2.71. The lowest BCUT2D eigenvalue weighted by molar-refractivity contribution is 0.291. The molecule has 0 amide bonds. The molecule has 1 aliphatic rings. The monoisotopic (exact) mass is 279 g/mol. The molecule has 0 aromatic carbocycles. The third-order valence-electron chi connectivity index (χ3n) is 3.46. The topological polar surface area (TPSA) is 67.5 Å². The number of anilines is 1. The fraction of sp³-hybridized carbons (Fsp3) is 0.714. The zero-order valence-corrected chi connectivity index (χ0v) is 12.3. The first-order valence-electron chi connectivity index (χ1n) is 7.46. The predicted molar refractivity (Wildman–Crippen MR) is 80.1 cm³/mol. The molecule has 1 aromatic rings. The molecule has 2 N–H and O–H groups in total. The van der Waals surface area contributed by atoms with Crippen molar-refractivity contribution in [3.05, 3.63) is 12.3 Å². The van der Waals surface area contributed by atoms with Crippen LogP contribution in [-0.2, 0) is 0 Å². The first-order chi connectivity index (χ1) is 9.83. The van der Waals surface area contributed by atoms with Crippen molar-refractivity contribution in [3.63, 3.8) is 0 Å². The smallest absolute Gasteiger partial charge is 0.228 e. The molecule has 1 fully saturated rings. The van der Waals surface area contributed by atoms with Crippen LogP contribution in [0.5, 0.6) is 5.88 Å². The maximum atomic E-state index is 5.58. The Morgan fingerprint density at radius 3 is 3.00 bits per heavy atom. The summed E-state index contributed by atoms with van der Waals surface area (Å²) in [6, 6.07) is 1.80. The van der Waals surface area contributed by atoms with E-state index in [1.165, 1.54) is 0 Å². The maximum Gasteiger partial charge on any atom is 0.228 e. The second-order valence-corrected chi connectivity index (χ2v) is 4.95. The van der Waals surface area contributed by atoms with Crippen molar-refractivity contribution in [2.45, 2.75) is 19.8 Å². The summed E-state index contributed by atoms with van der Waals surface area (Å²) in [5, 5.41) is 0. The van der Waals surface area contributed by atoms with Crippen molar-refractivity contribution in [3.8, 4) is 5.88 Å². The van der Waals surface area contributed by atoms with Gasteiger partial charge in [-0.2, -0.15) is 4.98 Å². The SMILES string of the molecule is CCOc1ccnc(N2CCCN(CCCN)CC2)n1. The van der Waals surface area contributed by atoms with Crippen molar-refractivity contribution >= 4 is 5.95 Å². The lowest BCUT2D eigenvalue weighted by Gasteiger charge is -2.21. The van der Waals surface area contributed by atoms with E-state index in [4.69, 9.17) is 10.5 Å². The molecule has 0 bridgehead atoms. The van der Waals surface area contributed by atoms with Gasteiger partial charge in [0.25, 0.3) is 0 Å². The Kier molecular flexibility index (Phi) is 6.01. The number of aromatic nitrogens is 2. The highest BCUT2D eigenvalue weighted by molar-refractivity contribution is 5.32. The highest BCUT2D eigenvalue weighted by Crippen LogP contribution is 2.15. The summed E-state index contributed by atoms with van der Waals surface area (Å²) in [5.74, 6) is 1.43. The zero-order valence-electron chi connectivity index (χ0n) is 12.3. The molecule has 6 heteroatoms. The molecule has 0 radical (unpaired) electrons. The van der Waals surface area contributed by atoms with Gasteiger partial charge in [-0.05, 0) is 39.4 Å². The first-order valence-corrected chi connectivity index (χ1v) is 7.46. The number of nitrogens with two attached hydrogens (primary N) is 1. The molecular formula is C14H25N5O. The fourth-order valence-corrected chi connectivity index (χ4v) is 2.42. The third-order valence-corrected chi connectivity index (χ3v) is 3.46. The molecule has 112 valence electrons. The van der Waals surface area contributed by atoms with E-state index in [9.17, 15) is 0 Å². The maximum absolute atomic E-state index is 5.58. The summed E-state index contributed by atoms with van der Waals surface area (Å²) in [6.45, 7) is 8.56. The molecule has 2 heterocycles. The Bertz CT molecular complexity index is 401. The minimum atomic E-state index is 0.628. The van der Waals surface area contributed by atoms with Gasteiger partial charge in [-0.1, -0.05) is 0 Å². The van der Waals surface area contributed by atoms with Crippen LogP contribution in [0.1, 0.15) is 19.8 Å². The molecule has 2 rings (SSSR count). The van der Waals surface area contributed by atoms with Gasteiger partial charge < -0.3 is 20.3 Å². The molecule has 1 aliphatic heterocycles. The summed E-state index contributed by atoms with van der Waals surface area (Å²) in [6.07, 6.45) is 3.97. The van der Waals surface area contributed by atoms with Crippen LogP contribution in [0.4, 0.5) is 5.95 Å². The number of ether oxygens (including phenoxy) is 1. The van der Waals surface area contributed by atoms with Crippen molar-refractivity contribution < 1.29 is 4.74 Å². The molecule has 1 saturated heterocycles. The molecule has 0 spiro atoms. The molecule has 0 unspecified atom stereocenters. The first kappa shape index (κ1) is 15.0. The van der Waals surface area contributed by atoms with Gasteiger partial charge in [0.2, 0.25) is 11.8 Å². The van der Waals surface area contributed by atoms with Crippen LogP contribution in [0.15, 0.2) is 12.3 Å². The van der Waals surface area contributed by atoms with Crippen LogP contribution >= 0.6 is 0 Å². The van der Waals surface area contributed by atoms with Gasteiger partial charge in [-0.15, -0.1) is 0 Å². The van der Waals surface area contributed by atoms with E-state index in [0.29, 0.717) is 12.5 Å². The molecule has 20 heavy (non-hydrogen) atoms. The number of nitrogens with zero attached hydrogens (tertiary/aromatic N) is 4. The number of rotatable bonds is 6. The molecule has 0 saturated carbocycles. The van der Waals surface area contributed by atoms with E-state index >= 15 is 0 Å². The van der Waals surface area contributed by atoms with Crippen LogP contribution in [0.25, 0.3) is 0 Å². The summed E-state index contributed by atoms with van der Waals surface area (Å²) >= 11 is 0. The van der Waals surface area contributed by atoms with E-state index < -0.39 is 0 Å². The standard InChI is InChI=1S/C14H25N5O/c1-2-20-13-5-7-16-14(17-13)19-10-4-9-18(11-12-19)8-3-6-15/h5,7H,2-4,6,8-12,15H2,1H3. The Labute approximate surface area is 120 Å². The summed E-state index contributed by atoms with van der Waals surface area (Å²) in [7, 11) is 0. The fourth-order valence-electron chi connectivity index (χ4n) is 2.42. The molecule has 6 nitrogen and oxygen atoms in total. The predicted octanol–water partition coefficient (Wildman–Crippen LogP) is 0.736. The Hall–Kier alpha value is -1.40. The van der Waals surface area contributed by atoms with Gasteiger partial charge in [-0.25, -0.2) is 4.98 Å². The van der Waals surface area contributed by atoms with Crippen LogP contribution in [-0.4, -0.2) is 60.7 Å². The number of hydrogen-bond donors (Lipinski definition) is 1. The van der Waals surface area contributed by atoms with Crippen LogP contribution in [0.2, 0.25) is 0 Å². The summed E-state index contributed by atoms with van der Waals surface area (Å²) in [4.78, 5) is 13.6. The molecular weight excluding hydrogens is 254 g/mol. The van der Waals surface area contributed by atoms with Crippen molar-refractivity contribution in [2.75, 3.05) is 50.8 Å². The normalized spacial score (nSPS) is 17.0. The lowest BCUT2D eigenvalue weighted by atomic mass is 10.3. The molecule has 0 aliphatic carbocycles. The van der Waals surface area contributed by atoms with E-state index in [1.807, 2.05) is 6.92 Å². The van der Waals surface area contributed by atoms with Gasteiger partial charge in [0.15, 0.2) is 0 Å². The molecule has 1 aromatic heterocycles. The quantitative estimate of drug-likeness (QED) is 0.828. The Morgan fingerprint density at radius 1 is 1.30 bits per heavy atom. The van der Waals surface area contributed by atoms with E-state index in [2.05, 4.69) is 19.8 Å². The largest absolute Gasteiger partial charge is 0.478 e. The lowest BCUT2D eigenvalue weighted by Crippen LogP contribution is -2.32. The van der Waals surface area contributed by atoms with E-state index in [-0.39, 0.29) is 0 Å². The van der Waals surface area contributed by atoms with Gasteiger partial charge >= 0.3 is 0 Å². The summed E-state index contributed by atoms with van der Waals surface area (Å²) in [5.41, 5.74) is 5.58. The third kappa shape index (κ3) is 4.31. The van der Waals surface area contributed by atoms with Gasteiger partial charge in [0.05, 0.1) is 6.61 Å². The minimum absolute atomic E-state index is 0.628. The van der Waals surface area contributed by atoms with Gasteiger partial charge in [0.1, 0.15) is 0 Å². The average molecular weight is 279 g/mol. The van der Waals surface area contributed by atoms with Gasteiger partial charge in [0, 0.05) is 31.9 Å². The van der Waals surface area contributed by atoms with Crippen molar-refractivity contribution in [1.29, 1.82) is 0 Å². The van der Waals surface area contributed by atoms with Crippen molar-refractivity contribution in [2.24, 2.45) is 5.73 Å². The highest BCUT2D eigenvalue weighted by Gasteiger charge is 2.16. The van der Waals surface area contributed by atoms with Crippen LogP contribution < -0.4 is 15.4 Å². The van der Waals surface area contributed by atoms with E-state index in [0.717, 1.165) is 58.1 Å².